The normalized spacial score (nSPS) is 27.5. The van der Waals surface area contributed by atoms with Crippen LogP contribution in [0.5, 0.6) is 0 Å². The van der Waals surface area contributed by atoms with Gasteiger partial charge >= 0.3 is 5.97 Å². The number of rotatable bonds is 4. The third-order valence-corrected chi connectivity index (χ3v) is 6.89. The van der Waals surface area contributed by atoms with E-state index in [9.17, 15) is 9.59 Å². The van der Waals surface area contributed by atoms with Crippen LogP contribution in [0.4, 0.5) is 0 Å². The molecule has 1 spiro atoms. The van der Waals surface area contributed by atoms with Crippen LogP contribution >= 0.6 is 11.6 Å². The van der Waals surface area contributed by atoms with Crippen LogP contribution in [0.1, 0.15) is 60.9 Å². The van der Waals surface area contributed by atoms with Gasteiger partial charge in [-0.2, -0.15) is 0 Å². The van der Waals surface area contributed by atoms with Gasteiger partial charge < -0.3 is 14.5 Å². The molecule has 0 aromatic carbocycles. The smallest absolute Gasteiger partial charge is 0.342 e. The van der Waals surface area contributed by atoms with Crippen LogP contribution in [0, 0.1) is 5.92 Å². The second-order valence-corrected chi connectivity index (χ2v) is 8.70. The summed E-state index contributed by atoms with van der Waals surface area (Å²) >= 11 is 6.11. The highest BCUT2D eigenvalue weighted by Crippen LogP contribution is 2.49. The number of pyridine rings is 1. The number of aromatic nitrogens is 1. The number of hydrogen-bond donors (Lipinski definition) is 0. The molecule has 28 heavy (non-hydrogen) atoms. The summed E-state index contributed by atoms with van der Waals surface area (Å²) in [6.07, 6.45) is 8.23. The summed E-state index contributed by atoms with van der Waals surface area (Å²) in [5.41, 5.74) is 0.594. The first-order valence-corrected chi connectivity index (χ1v) is 10.7. The molecule has 1 aromatic heterocycles. The number of fused-ring (bicyclic) bond motifs is 2. The molecule has 1 amide bonds. The Morgan fingerprint density at radius 3 is 2.75 bits per heavy atom. The third kappa shape index (κ3) is 3.64. The summed E-state index contributed by atoms with van der Waals surface area (Å²) in [5, 5.41) is 0.204. The summed E-state index contributed by atoms with van der Waals surface area (Å²) in [6.45, 7) is 4.03. The number of likely N-dealkylation sites (tertiary alicyclic amines) is 1. The lowest BCUT2D eigenvalue weighted by Gasteiger charge is -2.37. The van der Waals surface area contributed by atoms with Crippen molar-refractivity contribution in [1.82, 2.24) is 14.8 Å². The Morgan fingerprint density at radius 1 is 1.32 bits per heavy atom. The molecule has 2 fully saturated rings. The maximum Gasteiger partial charge on any atom is 0.342 e. The summed E-state index contributed by atoms with van der Waals surface area (Å²) in [7, 11) is 1.91. The molecule has 3 heterocycles. The van der Waals surface area contributed by atoms with E-state index in [4.69, 9.17) is 16.3 Å². The molecule has 7 heteroatoms. The second kappa shape index (κ2) is 7.99. The van der Waals surface area contributed by atoms with Crippen LogP contribution in [0.25, 0.3) is 0 Å². The second-order valence-electron chi connectivity index (χ2n) is 8.34. The zero-order valence-electron chi connectivity index (χ0n) is 16.5. The van der Waals surface area contributed by atoms with Gasteiger partial charge in [0.2, 0.25) is 5.91 Å². The highest BCUT2D eigenvalue weighted by molar-refractivity contribution is 6.32. The van der Waals surface area contributed by atoms with Gasteiger partial charge in [0.1, 0.15) is 16.3 Å². The molecule has 6 nitrogen and oxygen atoms in total. The van der Waals surface area contributed by atoms with E-state index < -0.39 is 11.6 Å². The number of carbonyl (C=O) groups excluding carboxylic acids is 2. The molecule has 0 radical (unpaired) electrons. The van der Waals surface area contributed by atoms with Crippen molar-refractivity contribution in [3.8, 4) is 0 Å². The molecule has 2 aliphatic heterocycles. The molecule has 1 saturated carbocycles. The number of esters is 1. The maximum atomic E-state index is 12.9. The monoisotopic (exact) mass is 405 g/mol. The SMILES string of the molecule is CN(CCN1CCCCC1)C(=O)C1CCC2(CC1)OC(=O)c1c2ccnc1Cl. The standard InChI is InChI=1S/C21H28ClN3O3/c1-24(13-14-25-11-3-2-4-12-25)19(26)15-5-8-21(9-6-15)16-7-10-23-18(22)17(16)20(27)28-21/h7,10,15H,2-6,8-9,11-14H2,1H3. The van der Waals surface area contributed by atoms with Crippen LogP contribution < -0.4 is 0 Å². The Balaban J connectivity index is 1.35. The van der Waals surface area contributed by atoms with E-state index in [-0.39, 0.29) is 17.0 Å². The summed E-state index contributed by atoms with van der Waals surface area (Å²) in [5.74, 6) is -0.183. The molecule has 0 N–H and O–H groups in total. The molecular weight excluding hydrogens is 378 g/mol. The Bertz CT molecular complexity index is 755. The third-order valence-electron chi connectivity index (χ3n) is 6.61. The fourth-order valence-electron chi connectivity index (χ4n) is 4.89. The summed E-state index contributed by atoms with van der Waals surface area (Å²) < 4.78 is 5.76. The lowest BCUT2D eigenvalue weighted by Crippen LogP contribution is -2.43. The molecule has 0 unspecified atom stereocenters. The zero-order valence-corrected chi connectivity index (χ0v) is 17.2. The average Bonchev–Trinajstić information content (AvgIpc) is 2.99. The number of carbonyl (C=O) groups is 2. The van der Waals surface area contributed by atoms with E-state index in [1.54, 1.807) is 6.20 Å². The van der Waals surface area contributed by atoms with Crippen LogP contribution in [0.3, 0.4) is 0 Å². The van der Waals surface area contributed by atoms with Gasteiger partial charge in [-0.15, -0.1) is 0 Å². The van der Waals surface area contributed by atoms with Gasteiger partial charge in [-0.05, 0) is 57.7 Å². The molecule has 1 aromatic rings. The first-order chi connectivity index (χ1) is 13.5. The minimum Gasteiger partial charge on any atom is -0.450 e. The Hall–Kier alpha value is -1.66. The van der Waals surface area contributed by atoms with Gasteiger partial charge in [0.05, 0.1) is 0 Å². The van der Waals surface area contributed by atoms with Gasteiger partial charge in [-0.25, -0.2) is 9.78 Å². The molecule has 0 bridgehead atoms. The molecular formula is C21H28ClN3O3. The number of halogens is 1. The molecule has 152 valence electrons. The Morgan fingerprint density at radius 2 is 2.04 bits per heavy atom. The number of hydrogen-bond acceptors (Lipinski definition) is 5. The van der Waals surface area contributed by atoms with Crippen molar-refractivity contribution in [1.29, 1.82) is 0 Å². The number of ether oxygens (including phenoxy) is 1. The lowest BCUT2D eigenvalue weighted by atomic mass is 9.75. The van der Waals surface area contributed by atoms with E-state index >= 15 is 0 Å². The summed E-state index contributed by atoms with van der Waals surface area (Å²) in [6, 6.07) is 1.83. The zero-order chi connectivity index (χ0) is 19.7. The largest absolute Gasteiger partial charge is 0.450 e. The minimum atomic E-state index is -0.637. The predicted molar refractivity (Wildman–Crippen MR) is 106 cm³/mol. The predicted octanol–water partition coefficient (Wildman–Crippen LogP) is 3.24. The Kier molecular flexibility index (Phi) is 5.61. The van der Waals surface area contributed by atoms with Gasteiger partial charge in [0.25, 0.3) is 0 Å². The van der Waals surface area contributed by atoms with Crippen molar-refractivity contribution in [3.05, 3.63) is 28.5 Å². The van der Waals surface area contributed by atoms with Crippen LogP contribution in [-0.2, 0) is 15.1 Å². The number of likely N-dealkylation sites (N-methyl/N-ethyl adjacent to an activating group) is 1. The fourth-order valence-corrected chi connectivity index (χ4v) is 5.13. The van der Waals surface area contributed by atoms with Gasteiger partial charge in [0.15, 0.2) is 0 Å². The van der Waals surface area contributed by atoms with Crippen LogP contribution in [-0.4, -0.2) is 59.9 Å². The number of piperidine rings is 1. The Labute approximate surface area is 171 Å². The molecule has 1 saturated heterocycles. The van der Waals surface area contributed by atoms with Crippen molar-refractivity contribution in [2.24, 2.45) is 5.92 Å². The highest BCUT2D eigenvalue weighted by Gasteiger charge is 2.49. The van der Waals surface area contributed by atoms with Gasteiger partial charge in [0, 0.05) is 37.8 Å². The van der Waals surface area contributed by atoms with Crippen LogP contribution in [0.2, 0.25) is 5.15 Å². The van der Waals surface area contributed by atoms with E-state index in [1.807, 2.05) is 18.0 Å². The van der Waals surface area contributed by atoms with Crippen molar-refractivity contribution >= 4 is 23.5 Å². The van der Waals surface area contributed by atoms with Gasteiger partial charge in [-0.3, -0.25) is 4.79 Å². The topological polar surface area (TPSA) is 62.7 Å². The molecule has 3 aliphatic rings. The first kappa shape index (κ1) is 19.6. The van der Waals surface area contributed by atoms with Crippen molar-refractivity contribution in [2.45, 2.75) is 50.5 Å². The fraction of sp³-hybridized carbons (Fsp3) is 0.667. The van der Waals surface area contributed by atoms with Crippen molar-refractivity contribution < 1.29 is 14.3 Å². The lowest BCUT2D eigenvalue weighted by molar-refractivity contribution is -0.137. The molecule has 1 aliphatic carbocycles. The highest BCUT2D eigenvalue weighted by atomic mass is 35.5. The first-order valence-electron chi connectivity index (χ1n) is 10.4. The molecule has 4 rings (SSSR count). The summed E-state index contributed by atoms with van der Waals surface area (Å²) in [4.78, 5) is 33.5. The van der Waals surface area contributed by atoms with E-state index in [0.29, 0.717) is 18.4 Å². The quantitative estimate of drug-likeness (QED) is 0.568. The van der Waals surface area contributed by atoms with Crippen molar-refractivity contribution in [3.63, 3.8) is 0 Å². The molecule has 0 atom stereocenters. The average molecular weight is 406 g/mol. The van der Waals surface area contributed by atoms with E-state index in [0.717, 1.165) is 44.6 Å². The number of amides is 1. The van der Waals surface area contributed by atoms with Crippen LogP contribution in [0.15, 0.2) is 12.3 Å². The van der Waals surface area contributed by atoms with E-state index in [2.05, 4.69) is 9.88 Å². The van der Waals surface area contributed by atoms with Crippen molar-refractivity contribution in [2.75, 3.05) is 33.2 Å². The van der Waals surface area contributed by atoms with Gasteiger partial charge in [-0.1, -0.05) is 18.0 Å². The maximum absolute atomic E-state index is 12.9. The minimum absolute atomic E-state index is 0.00274. The number of nitrogens with zero attached hydrogens (tertiary/aromatic N) is 3. The van der Waals surface area contributed by atoms with E-state index in [1.165, 1.54) is 19.3 Å².